The van der Waals surface area contributed by atoms with Gasteiger partial charge in [-0.1, -0.05) is 17.7 Å². The van der Waals surface area contributed by atoms with E-state index in [9.17, 15) is 8.42 Å². The number of benzene rings is 1. The largest absolute Gasteiger partial charge is 0.379 e. The van der Waals surface area contributed by atoms with Gasteiger partial charge in [0.2, 0.25) is 10.0 Å². The van der Waals surface area contributed by atoms with Crippen molar-refractivity contribution in [1.29, 1.82) is 0 Å². The van der Waals surface area contributed by atoms with E-state index < -0.39 is 10.0 Å². The first-order valence-corrected chi connectivity index (χ1v) is 9.06. The number of aromatic nitrogens is 2. The first-order valence-electron chi connectivity index (χ1n) is 7.62. The van der Waals surface area contributed by atoms with E-state index in [1.165, 1.54) is 4.31 Å². The van der Waals surface area contributed by atoms with Crippen LogP contribution in [0.4, 0.5) is 0 Å². The van der Waals surface area contributed by atoms with Gasteiger partial charge < -0.3 is 4.74 Å². The second-order valence-corrected chi connectivity index (χ2v) is 7.64. The van der Waals surface area contributed by atoms with E-state index in [0.717, 1.165) is 11.3 Å². The molecule has 7 heteroatoms. The molecule has 0 bridgehead atoms. The number of hydrogen-bond donors (Lipinski definition) is 0. The van der Waals surface area contributed by atoms with Crippen molar-refractivity contribution in [1.82, 2.24) is 14.1 Å². The fourth-order valence-corrected chi connectivity index (χ4v) is 4.62. The van der Waals surface area contributed by atoms with Crippen molar-refractivity contribution in [2.75, 3.05) is 26.3 Å². The van der Waals surface area contributed by atoms with Crippen molar-refractivity contribution in [3.05, 3.63) is 41.2 Å². The number of rotatable bonds is 3. The molecule has 0 unspecified atom stereocenters. The molecule has 1 aliphatic rings. The molecule has 1 aromatic heterocycles. The molecule has 1 aliphatic heterocycles. The quantitative estimate of drug-likeness (QED) is 0.858. The Morgan fingerprint density at radius 3 is 2.26 bits per heavy atom. The van der Waals surface area contributed by atoms with Crippen LogP contribution in [0.25, 0.3) is 5.69 Å². The summed E-state index contributed by atoms with van der Waals surface area (Å²) in [5.74, 6) is 0. The molecule has 124 valence electrons. The van der Waals surface area contributed by atoms with Crippen LogP contribution < -0.4 is 0 Å². The monoisotopic (exact) mass is 335 g/mol. The fraction of sp³-hybridized carbons (Fsp3) is 0.438. The summed E-state index contributed by atoms with van der Waals surface area (Å²) in [6, 6.07) is 7.86. The molecular weight excluding hydrogens is 314 g/mol. The van der Waals surface area contributed by atoms with Gasteiger partial charge in [0, 0.05) is 13.1 Å². The van der Waals surface area contributed by atoms with Gasteiger partial charge in [-0.2, -0.15) is 9.40 Å². The molecular formula is C16H21N3O3S. The molecule has 1 aromatic carbocycles. The van der Waals surface area contributed by atoms with Crippen molar-refractivity contribution in [3.63, 3.8) is 0 Å². The second kappa shape index (κ2) is 6.07. The van der Waals surface area contributed by atoms with Gasteiger partial charge in [0.1, 0.15) is 4.90 Å². The van der Waals surface area contributed by atoms with Crippen molar-refractivity contribution in [3.8, 4) is 5.69 Å². The van der Waals surface area contributed by atoms with Crippen LogP contribution in [0.2, 0.25) is 0 Å². The lowest BCUT2D eigenvalue weighted by molar-refractivity contribution is 0.0730. The average molecular weight is 335 g/mol. The normalized spacial score (nSPS) is 16.7. The first-order chi connectivity index (χ1) is 10.9. The third-order valence-electron chi connectivity index (χ3n) is 4.07. The molecule has 0 atom stereocenters. The van der Waals surface area contributed by atoms with Gasteiger partial charge in [-0.25, -0.2) is 13.1 Å². The molecule has 0 N–H and O–H groups in total. The third kappa shape index (κ3) is 2.91. The fourth-order valence-electron chi connectivity index (χ4n) is 2.86. The predicted octanol–water partition coefficient (Wildman–Crippen LogP) is 1.82. The number of morpholine rings is 1. The predicted molar refractivity (Wildman–Crippen MR) is 87.4 cm³/mol. The van der Waals surface area contributed by atoms with E-state index in [-0.39, 0.29) is 0 Å². The maximum Gasteiger partial charge on any atom is 0.246 e. The zero-order valence-electron chi connectivity index (χ0n) is 13.6. The van der Waals surface area contributed by atoms with E-state index in [4.69, 9.17) is 4.74 Å². The molecule has 1 fully saturated rings. The van der Waals surface area contributed by atoms with E-state index >= 15 is 0 Å². The summed E-state index contributed by atoms with van der Waals surface area (Å²) >= 11 is 0. The summed E-state index contributed by atoms with van der Waals surface area (Å²) in [6.45, 7) is 7.19. The Balaban J connectivity index is 2.05. The Kier molecular flexibility index (Phi) is 4.27. The number of nitrogens with zero attached hydrogens (tertiary/aromatic N) is 3. The van der Waals surface area contributed by atoms with Crippen LogP contribution in [0.15, 0.2) is 29.2 Å². The van der Waals surface area contributed by atoms with Gasteiger partial charge in [-0.15, -0.1) is 0 Å². The van der Waals surface area contributed by atoms with Crippen molar-refractivity contribution in [2.45, 2.75) is 25.7 Å². The van der Waals surface area contributed by atoms with E-state index in [0.29, 0.717) is 42.6 Å². The lowest BCUT2D eigenvalue weighted by Gasteiger charge is -2.26. The van der Waals surface area contributed by atoms with Gasteiger partial charge in [-0.05, 0) is 32.9 Å². The Bertz CT molecular complexity index is 804. The topological polar surface area (TPSA) is 64.4 Å². The molecule has 0 spiro atoms. The SMILES string of the molecule is Cc1ccc(-n2nc(C)c(S(=O)(=O)N3CCOCC3)c2C)cc1. The number of aryl methyl sites for hydroxylation is 2. The summed E-state index contributed by atoms with van der Waals surface area (Å²) in [7, 11) is -3.55. The van der Waals surface area contributed by atoms with Crippen LogP contribution in [0, 0.1) is 20.8 Å². The summed E-state index contributed by atoms with van der Waals surface area (Å²) in [5, 5.41) is 4.45. The molecule has 2 aromatic rings. The van der Waals surface area contributed by atoms with Crippen LogP contribution in [0.1, 0.15) is 17.0 Å². The molecule has 0 aliphatic carbocycles. The molecule has 0 saturated carbocycles. The summed E-state index contributed by atoms with van der Waals surface area (Å²) in [4.78, 5) is 0.306. The first kappa shape index (κ1) is 16.2. The lowest BCUT2D eigenvalue weighted by atomic mass is 10.2. The number of ether oxygens (including phenoxy) is 1. The second-order valence-electron chi connectivity index (χ2n) is 5.76. The zero-order chi connectivity index (χ0) is 16.6. The highest BCUT2D eigenvalue weighted by Crippen LogP contribution is 2.26. The lowest BCUT2D eigenvalue weighted by Crippen LogP contribution is -2.41. The van der Waals surface area contributed by atoms with Crippen molar-refractivity contribution in [2.24, 2.45) is 0 Å². The number of sulfonamides is 1. The Hall–Kier alpha value is -1.70. The summed E-state index contributed by atoms with van der Waals surface area (Å²) in [6.07, 6.45) is 0. The van der Waals surface area contributed by atoms with E-state index in [2.05, 4.69) is 5.10 Å². The van der Waals surface area contributed by atoms with Crippen molar-refractivity contribution >= 4 is 10.0 Å². The molecule has 0 radical (unpaired) electrons. The maximum atomic E-state index is 12.9. The molecule has 6 nitrogen and oxygen atoms in total. The molecule has 3 rings (SSSR count). The standard InChI is InChI=1S/C16H21N3O3S/c1-12-4-6-15(7-5-12)19-14(3)16(13(2)17-19)23(20,21)18-8-10-22-11-9-18/h4-7H,8-11H2,1-3H3. The highest BCUT2D eigenvalue weighted by molar-refractivity contribution is 7.89. The van der Waals surface area contributed by atoms with Crippen LogP contribution in [0.5, 0.6) is 0 Å². The zero-order valence-corrected chi connectivity index (χ0v) is 14.4. The minimum atomic E-state index is -3.55. The van der Waals surface area contributed by atoms with Gasteiger partial charge >= 0.3 is 0 Å². The minimum absolute atomic E-state index is 0.306. The summed E-state index contributed by atoms with van der Waals surface area (Å²) in [5.41, 5.74) is 3.17. The maximum absolute atomic E-state index is 12.9. The molecule has 0 amide bonds. The van der Waals surface area contributed by atoms with Crippen molar-refractivity contribution < 1.29 is 13.2 Å². The Labute approximate surface area is 136 Å². The summed E-state index contributed by atoms with van der Waals surface area (Å²) < 4.78 is 34.3. The molecule has 1 saturated heterocycles. The molecule has 23 heavy (non-hydrogen) atoms. The Morgan fingerprint density at radius 2 is 1.65 bits per heavy atom. The van der Waals surface area contributed by atoms with Crippen LogP contribution >= 0.6 is 0 Å². The third-order valence-corrected chi connectivity index (χ3v) is 6.22. The smallest absolute Gasteiger partial charge is 0.246 e. The average Bonchev–Trinajstić information content (AvgIpc) is 2.84. The molecule has 2 heterocycles. The minimum Gasteiger partial charge on any atom is -0.379 e. The number of hydrogen-bond acceptors (Lipinski definition) is 4. The highest BCUT2D eigenvalue weighted by Gasteiger charge is 2.32. The van der Waals surface area contributed by atoms with E-state index in [1.807, 2.05) is 31.2 Å². The van der Waals surface area contributed by atoms with E-state index in [1.54, 1.807) is 18.5 Å². The Morgan fingerprint density at radius 1 is 1.04 bits per heavy atom. The van der Waals surface area contributed by atoms with Gasteiger partial charge in [0.25, 0.3) is 0 Å². The van der Waals surface area contributed by atoms with Gasteiger partial charge in [-0.3, -0.25) is 0 Å². The van der Waals surface area contributed by atoms with Crippen LogP contribution in [0.3, 0.4) is 0 Å². The van der Waals surface area contributed by atoms with Gasteiger partial charge in [0.05, 0.1) is 30.3 Å². The highest BCUT2D eigenvalue weighted by atomic mass is 32.2. The van der Waals surface area contributed by atoms with Gasteiger partial charge in [0.15, 0.2) is 0 Å². The van der Waals surface area contributed by atoms with Crippen LogP contribution in [-0.4, -0.2) is 48.8 Å². The van der Waals surface area contributed by atoms with Crippen LogP contribution in [-0.2, 0) is 14.8 Å².